The second-order valence-corrected chi connectivity index (χ2v) is 4.71. The van der Waals surface area contributed by atoms with Gasteiger partial charge in [0.2, 0.25) is 0 Å². The molecule has 2 bridgehead atoms. The Bertz CT molecular complexity index is 251. The average molecular weight is 232 g/mol. The van der Waals surface area contributed by atoms with Gasteiger partial charge in [-0.2, -0.15) is 0 Å². The van der Waals surface area contributed by atoms with E-state index in [2.05, 4.69) is 15.9 Å². The molecule has 0 saturated heterocycles. The fraction of sp³-hybridized carbons (Fsp3) is 0.750. The van der Waals surface area contributed by atoms with Crippen molar-refractivity contribution in [3.8, 4) is 0 Å². The minimum absolute atomic E-state index is 0.0208. The Morgan fingerprint density at radius 1 is 1.58 bits per heavy atom. The van der Waals surface area contributed by atoms with Gasteiger partial charge in [0.1, 0.15) is 5.78 Å². The molecule has 0 aromatic carbocycles. The summed E-state index contributed by atoms with van der Waals surface area (Å²) in [5.74, 6) is -1.78. The van der Waals surface area contributed by atoms with Crippen molar-refractivity contribution in [1.29, 1.82) is 0 Å². The van der Waals surface area contributed by atoms with Crippen molar-refractivity contribution < 1.29 is 14.7 Å². The van der Waals surface area contributed by atoms with Gasteiger partial charge < -0.3 is 9.90 Å². The highest BCUT2D eigenvalue weighted by Crippen LogP contribution is 2.49. The molecule has 0 amide bonds. The first kappa shape index (κ1) is 8.23. The van der Waals surface area contributed by atoms with Crippen molar-refractivity contribution >= 4 is 27.7 Å². The lowest BCUT2D eigenvalue weighted by atomic mass is 9.98. The predicted octanol–water partition coefficient (Wildman–Crippen LogP) is -0.275. The van der Waals surface area contributed by atoms with Crippen molar-refractivity contribution in [2.24, 2.45) is 17.8 Å². The number of carbonyl (C=O) groups is 2. The number of alkyl halides is 1. The fourth-order valence-electron chi connectivity index (χ4n) is 2.40. The molecule has 0 aromatic heterocycles. The lowest BCUT2D eigenvalue weighted by Gasteiger charge is -2.16. The van der Waals surface area contributed by atoms with Gasteiger partial charge in [0.05, 0.1) is 0 Å². The molecular formula is C8H8BrO3-. The van der Waals surface area contributed by atoms with Gasteiger partial charge in [-0.15, -0.1) is 0 Å². The zero-order chi connectivity index (χ0) is 8.88. The van der Waals surface area contributed by atoms with Crippen LogP contribution in [-0.4, -0.2) is 16.6 Å². The third-order valence-electron chi connectivity index (χ3n) is 2.96. The summed E-state index contributed by atoms with van der Waals surface area (Å²) < 4.78 is 0. The van der Waals surface area contributed by atoms with Crippen molar-refractivity contribution in [1.82, 2.24) is 0 Å². The molecule has 0 aromatic rings. The van der Waals surface area contributed by atoms with Crippen LogP contribution in [0.3, 0.4) is 0 Å². The summed E-state index contributed by atoms with van der Waals surface area (Å²) in [5, 5.41) is 10.7. The van der Waals surface area contributed by atoms with Crippen molar-refractivity contribution in [3.05, 3.63) is 0 Å². The van der Waals surface area contributed by atoms with Crippen LogP contribution in [0.2, 0.25) is 0 Å². The molecule has 3 nitrogen and oxygen atoms in total. The molecule has 0 aliphatic heterocycles. The molecule has 66 valence electrons. The number of hydrogen-bond acceptors (Lipinski definition) is 3. The third kappa shape index (κ3) is 0.937. The molecular weight excluding hydrogens is 224 g/mol. The van der Waals surface area contributed by atoms with Crippen molar-refractivity contribution in [2.75, 3.05) is 0 Å². The monoisotopic (exact) mass is 231 g/mol. The molecule has 2 aliphatic carbocycles. The van der Waals surface area contributed by atoms with Crippen LogP contribution in [0.25, 0.3) is 0 Å². The zero-order valence-electron chi connectivity index (χ0n) is 6.33. The van der Waals surface area contributed by atoms with Crippen LogP contribution in [0.1, 0.15) is 12.8 Å². The van der Waals surface area contributed by atoms with Gasteiger partial charge >= 0.3 is 0 Å². The summed E-state index contributed by atoms with van der Waals surface area (Å²) >= 11 is 3.39. The highest BCUT2D eigenvalue weighted by molar-refractivity contribution is 9.09. The number of carbonyl (C=O) groups excluding carboxylic acids is 2. The number of hydrogen-bond donors (Lipinski definition) is 0. The fourth-order valence-corrected chi connectivity index (χ4v) is 3.32. The van der Waals surface area contributed by atoms with E-state index >= 15 is 0 Å². The summed E-state index contributed by atoms with van der Waals surface area (Å²) in [7, 11) is 0. The third-order valence-corrected chi connectivity index (χ3v) is 4.01. The van der Waals surface area contributed by atoms with E-state index in [0.717, 1.165) is 0 Å². The van der Waals surface area contributed by atoms with Crippen LogP contribution in [0.5, 0.6) is 0 Å². The van der Waals surface area contributed by atoms with Crippen LogP contribution in [0.4, 0.5) is 0 Å². The second-order valence-electron chi connectivity index (χ2n) is 3.54. The van der Waals surface area contributed by atoms with Gasteiger partial charge in [-0.05, 0) is 12.3 Å². The number of fused-ring (bicyclic) bond motifs is 2. The number of rotatable bonds is 1. The van der Waals surface area contributed by atoms with E-state index in [1.807, 2.05) is 0 Å². The quantitative estimate of drug-likeness (QED) is 0.584. The second kappa shape index (κ2) is 2.55. The molecule has 0 radical (unpaired) electrons. The largest absolute Gasteiger partial charge is 0.550 e. The normalized spacial score (nSPS) is 45.2. The van der Waals surface area contributed by atoms with E-state index in [4.69, 9.17) is 0 Å². The Hall–Kier alpha value is -0.380. The minimum Gasteiger partial charge on any atom is -0.550 e. The van der Waals surface area contributed by atoms with E-state index in [9.17, 15) is 14.7 Å². The van der Waals surface area contributed by atoms with Crippen LogP contribution in [0, 0.1) is 17.8 Å². The number of halogens is 1. The van der Waals surface area contributed by atoms with Crippen LogP contribution in [-0.2, 0) is 9.59 Å². The van der Waals surface area contributed by atoms with E-state index in [1.54, 1.807) is 0 Å². The smallest absolute Gasteiger partial charge is 0.137 e. The summed E-state index contributed by atoms with van der Waals surface area (Å²) in [4.78, 5) is 22.1. The maximum absolute atomic E-state index is 11.2. The first-order valence-corrected chi connectivity index (χ1v) is 4.90. The lowest BCUT2D eigenvalue weighted by Crippen LogP contribution is -2.34. The summed E-state index contributed by atoms with van der Waals surface area (Å²) in [6.07, 6.45) is 1.08. The van der Waals surface area contributed by atoms with Gasteiger partial charge in [-0.3, -0.25) is 4.79 Å². The standard InChI is InChI=1S/C8H9BrO3/c9-5-1-4-6(10)2-3(5)7(4)8(11)12/h3-5,7H,1-2H2,(H,11,12)/p-1/t3-,4-,5-,7+/m1/s1. The Kier molecular flexibility index (Phi) is 1.75. The van der Waals surface area contributed by atoms with Gasteiger partial charge in [-0.1, -0.05) is 15.9 Å². The maximum atomic E-state index is 11.2. The molecule has 2 rings (SSSR count). The van der Waals surface area contributed by atoms with Gasteiger partial charge in [-0.25, -0.2) is 0 Å². The van der Waals surface area contributed by atoms with Gasteiger partial charge in [0.15, 0.2) is 0 Å². The van der Waals surface area contributed by atoms with Crippen LogP contribution >= 0.6 is 15.9 Å². The Morgan fingerprint density at radius 3 is 2.58 bits per heavy atom. The van der Waals surface area contributed by atoms with E-state index < -0.39 is 11.9 Å². The number of Topliss-reactive ketones (excluding diaryl/α,β-unsaturated/α-hetero) is 1. The van der Waals surface area contributed by atoms with Crippen molar-refractivity contribution in [3.63, 3.8) is 0 Å². The molecule has 2 saturated carbocycles. The first-order chi connectivity index (χ1) is 5.61. The number of ketones is 1. The van der Waals surface area contributed by atoms with Gasteiger partial charge in [0.25, 0.3) is 0 Å². The summed E-state index contributed by atoms with van der Waals surface area (Å²) in [5.41, 5.74) is 0. The van der Waals surface area contributed by atoms with Gasteiger partial charge in [0, 0.05) is 29.1 Å². The zero-order valence-corrected chi connectivity index (χ0v) is 7.91. The molecule has 0 spiro atoms. The molecule has 12 heavy (non-hydrogen) atoms. The molecule has 4 atom stereocenters. The lowest BCUT2D eigenvalue weighted by molar-refractivity contribution is -0.313. The maximum Gasteiger partial charge on any atom is 0.137 e. The Morgan fingerprint density at radius 2 is 2.25 bits per heavy atom. The number of carboxylic acids is 1. The Balaban J connectivity index is 2.28. The number of carboxylic acid groups (broad SMARTS) is 1. The van der Waals surface area contributed by atoms with E-state index in [-0.39, 0.29) is 22.4 Å². The summed E-state index contributed by atoms with van der Waals surface area (Å²) in [6.45, 7) is 0. The molecule has 0 N–H and O–H groups in total. The molecule has 2 fully saturated rings. The van der Waals surface area contributed by atoms with Crippen molar-refractivity contribution in [2.45, 2.75) is 17.7 Å². The SMILES string of the molecule is O=C([O-])[C@H]1[C@@H]2CC(=O)[C@H]1C[C@H]2Br. The summed E-state index contributed by atoms with van der Waals surface area (Å²) in [6, 6.07) is 0. The van der Waals surface area contributed by atoms with Crippen LogP contribution < -0.4 is 5.11 Å². The first-order valence-electron chi connectivity index (χ1n) is 3.99. The molecule has 0 unspecified atom stereocenters. The predicted molar refractivity (Wildman–Crippen MR) is 42.4 cm³/mol. The topological polar surface area (TPSA) is 57.2 Å². The van der Waals surface area contributed by atoms with E-state index in [0.29, 0.717) is 12.8 Å². The average Bonchev–Trinajstić information content (AvgIpc) is 2.41. The highest BCUT2D eigenvalue weighted by atomic mass is 79.9. The highest BCUT2D eigenvalue weighted by Gasteiger charge is 2.52. The molecule has 0 heterocycles. The molecule has 2 aliphatic rings. The van der Waals surface area contributed by atoms with E-state index in [1.165, 1.54) is 0 Å². The minimum atomic E-state index is -1.06. The van der Waals surface area contributed by atoms with Crippen LogP contribution in [0.15, 0.2) is 0 Å². The Labute approximate surface area is 78.3 Å². The molecule has 4 heteroatoms. The number of aliphatic carboxylic acids is 1.